The van der Waals surface area contributed by atoms with Crippen LogP contribution in [0.4, 0.5) is 4.39 Å². The van der Waals surface area contributed by atoms with Crippen LogP contribution >= 0.6 is 15.9 Å². The molecule has 0 unspecified atom stereocenters. The van der Waals surface area contributed by atoms with Crippen molar-refractivity contribution in [1.82, 2.24) is 5.32 Å². The molecule has 0 saturated carbocycles. The highest BCUT2D eigenvalue weighted by molar-refractivity contribution is 9.10. The molecule has 106 valence electrons. The molecule has 0 aromatic heterocycles. The third-order valence-corrected chi connectivity index (χ3v) is 3.69. The molecular formula is C16H17BrFNO. The van der Waals surface area contributed by atoms with Crippen molar-refractivity contribution in [2.24, 2.45) is 0 Å². The lowest BCUT2D eigenvalue weighted by Gasteiger charge is -2.11. The number of hydrogen-bond donors (Lipinski definition) is 1. The van der Waals surface area contributed by atoms with Crippen LogP contribution in [0, 0.1) is 5.82 Å². The molecule has 4 heteroatoms. The molecule has 0 amide bonds. The van der Waals surface area contributed by atoms with Gasteiger partial charge in [0, 0.05) is 6.07 Å². The van der Waals surface area contributed by atoms with Crippen molar-refractivity contribution in [1.29, 1.82) is 0 Å². The van der Waals surface area contributed by atoms with Crippen LogP contribution in [0.2, 0.25) is 0 Å². The van der Waals surface area contributed by atoms with Crippen LogP contribution in [0.25, 0.3) is 0 Å². The Balaban J connectivity index is 2.04. The fourth-order valence-electron chi connectivity index (χ4n) is 1.93. The third kappa shape index (κ3) is 4.05. The highest BCUT2D eigenvalue weighted by Crippen LogP contribution is 2.22. The van der Waals surface area contributed by atoms with E-state index in [-0.39, 0.29) is 5.82 Å². The number of benzene rings is 2. The summed E-state index contributed by atoms with van der Waals surface area (Å²) >= 11 is 3.13. The van der Waals surface area contributed by atoms with Gasteiger partial charge >= 0.3 is 0 Å². The second kappa shape index (κ2) is 7.41. The molecule has 0 saturated heterocycles. The van der Waals surface area contributed by atoms with Gasteiger partial charge in [0.2, 0.25) is 0 Å². The number of likely N-dealkylation sites (N-methyl/N-ethyl adjacent to an activating group) is 1. The summed E-state index contributed by atoms with van der Waals surface area (Å²) in [7, 11) is 1.93. The van der Waals surface area contributed by atoms with Crippen LogP contribution in [0.5, 0.6) is 5.75 Å². The van der Waals surface area contributed by atoms with Crippen LogP contribution in [-0.4, -0.2) is 13.6 Å². The molecule has 2 aromatic rings. The van der Waals surface area contributed by atoms with E-state index in [2.05, 4.69) is 27.3 Å². The minimum atomic E-state index is -0.314. The minimum Gasteiger partial charge on any atom is -0.489 e. The highest BCUT2D eigenvalue weighted by atomic mass is 79.9. The second-order valence-corrected chi connectivity index (χ2v) is 5.34. The predicted molar refractivity (Wildman–Crippen MR) is 82.5 cm³/mol. The number of ether oxygens (including phenoxy) is 1. The lowest BCUT2D eigenvalue weighted by Crippen LogP contribution is -2.12. The van der Waals surface area contributed by atoms with Gasteiger partial charge in [0.25, 0.3) is 0 Å². The molecule has 0 bridgehead atoms. The topological polar surface area (TPSA) is 21.3 Å². The van der Waals surface area contributed by atoms with E-state index in [1.165, 1.54) is 11.6 Å². The van der Waals surface area contributed by atoms with Gasteiger partial charge in [-0.2, -0.15) is 0 Å². The first-order chi connectivity index (χ1) is 9.70. The SMILES string of the molecule is CNCCc1ccccc1COc1ccc(Br)c(F)c1. The monoisotopic (exact) mass is 337 g/mol. The molecule has 2 nitrogen and oxygen atoms in total. The summed E-state index contributed by atoms with van der Waals surface area (Å²) in [6, 6.07) is 12.9. The number of rotatable bonds is 6. The van der Waals surface area contributed by atoms with Gasteiger partial charge in [0.15, 0.2) is 0 Å². The van der Waals surface area contributed by atoms with E-state index in [0.717, 1.165) is 18.5 Å². The van der Waals surface area contributed by atoms with E-state index in [1.807, 2.05) is 25.2 Å². The first-order valence-corrected chi connectivity index (χ1v) is 7.29. The van der Waals surface area contributed by atoms with Gasteiger partial charge in [0.05, 0.1) is 4.47 Å². The zero-order valence-electron chi connectivity index (χ0n) is 11.3. The van der Waals surface area contributed by atoms with Crippen molar-refractivity contribution >= 4 is 15.9 Å². The molecule has 1 N–H and O–H groups in total. The Morgan fingerprint density at radius 2 is 1.90 bits per heavy atom. The summed E-state index contributed by atoms with van der Waals surface area (Å²) < 4.78 is 19.5. The fraction of sp³-hybridized carbons (Fsp3) is 0.250. The van der Waals surface area contributed by atoms with Crippen LogP contribution in [-0.2, 0) is 13.0 Å². The van der Waals surface area contributed by atoms with E-state index >= 15 is 0 Å². The normalized spacial score (nSPS) is 10.6. The maximum atomic E-state index is 13.4. The molecule has 20 heavy (non-hydrogen) atoms. The Morgan fingerprint density at radius 3 is 2.60 bits per heavy atom. The van der Waals surface area contributed by atoms with Gasteiger partial charge in [-0.05, 0) is 59.2 Å². The molecule has 0 aliphatic rings. The van der Waals surface area contributed by atoms with E-state index in [0.29, 0.717) is 16.8 Å². The van der Waals surface area contributed by atoms with Crippen molar-refractivity contribution < 1.29 is 9.13 Å². The Morgan fingerprint density at radius 1 is 1.15 bits per heavy atom. The van der Waals surface area contributed by atoms with E-state index in [4.69, 9.17) is 4.74 Å². The van der Waals surface area contributed by atoms with Crippen molar-refractivity contribution in [2.75, 3.05) is 13.6 Å². The molecule has 0 aliphatic heterocycles. The molecule has 0 radical (unpaired) electrons. The zero-order chi connectivity index (χ0) is 14.4. The molecule has 2 aromatic carbocycles. The summed E-state index contributed by atoms with van der Waals surface area (Å²) in [5.41, 5.74) is 2.38. The maximum absolute atomic E-state index is 13.4. The Kier molecular flexibility index (Phi) is 5.56. The molecule has 2 rings (SSSR count). The van der Waals surface area contributed by atoms with Crippen molar-refractivity contribution in [3.63, 3.8) is 0 Å². The Labute approximate surface area is 127 Å². The number of nitrogens with one attached hydrogen (secondary N) is 1. The van der Waals surface area contributed by atoms with Crippen LogP contribution < -0.4 is 10.1 Å². The largest absolute Gasteiger partial charge is 0.489 e. The fourth-order valence-corrected chi connectivity index (χ4v) is 2.18. The van der Waals surface area contributed by atoms with Crippen molar-refractivity contribution in [3.8, 4) is 5.75 Å². The Hall–Kier alpha value is -1.39. The summed E-state index contributed by atoms with van der Waals surface area (Å²) in [5.74, 6) is 0.222. The van der Waals surface area contributed by atoms with E-state index < -0.39 is 0 Å². The zero-order valence-corrected chi connectivity index (χ0v) is 12.9. The van der Waals surface area contributed by atoms with E-state index in [1.54, 1.807) is 12.1 Å². The average molecular weight is 338 g/mol. The summed E-state index contributed by atoms with van der Waals surface area (Å²) in [4.78, 5) is 0. The first kappa shape index (κ1) is 15.0. The predicted octanol–water partition coefficient (Wildman–Crippen LogP) is 3.93. The first-order valence-electron chi connectivity index (χ1n) is 6.50. The minimum absolute atomic E-state index is 0.314. The molecular weight excluding hydrogens is 321 g/mol. The quantitative estimate of drug-likeness (QED) is 0.862. The third-order valence-electron chi connectivity index (χ3n) is 3.05. The summed E-state index contributed by atoms with van der Waals surface area (Å²) in [5, 5.41) is 3.14. The molecule has 0 fully saturated rings. The summed E-state index contributed by atoms with van der Waals surface area (Å²) in [6.45, 7) is 1.37. The smallest absolute Gasteiger partial charge is 0.141 e. The molecule has 0 aliphatic carbocycles. The maximum Gasteiger partial charge on any atom is 0.141 e. The van der Waals surface area contributed by atoms with Gasteiger partial charge in [-0.3, -0.25) is 0 Å². The van der Waals surface area contributed by atoms with Crippen LogP contribution in [0.1, 0.15) is 11.1 Å². The average Bonchev–Trinajstić information content (AvgIpc) is 2.47. The van der Waals surface area contributed by atoms with Crippen molar-refractivity contribution in [3.05, 3.63) is 63.9 Å². The lowest BCUT2D eigenvalue weighted by molar-refractivity contribution is 0.303. The Bertz CT molecular complexity index is 574. The highest BCUT2D eigenvalue weighted by Gasteiger charge is 2.05. The van der Waals surface area contributed by atoms with Gasteiger partial charge in [0.1, 0.15) is 18.2 Å². The lowest BCUT2D eigenvalue weighted by atomic mass is 10.1. The second-order valence-electron chi connectivity index (χ2n) is 4.49. The summed E-state index contributed by atoms with van der Waals surface area (Å²) in [6.07, 6.45) is 0.949. The van der Waals surface area contributed by atoms with Crippen LogP contribution in [0.15, 0.2) is 46.9 Å². The standard InChI is InChI=1S/C16H17BrFNO/c1-19-9-8-12-4-2-3-5-13(12)11-20-14-6-7-15(17)16(18)10-14/h2-7,10,19H,8-9,11H2,1H3. The van der Waals surface area contributed by atoms with Crippen LogP contribution in [0.3, 0.4) is 0 Å². The van der Waals surface area contributed by atoms with Crippen molar-refractivity contribution in [2.45, 2.75) is 13.0 Å². The van der Waals surface area contributed by atoms with E-state index in [9.17, 15) is 4.39 Å². The number of halogens is 2. The van der Waals surface area contributed by atoms with Gasteiger partial charge in [-0.25, -0.2) is 4.39 Å². The van der Waals surface area contributed by atoms with Gasteiger partial charge in [-0.1, -0.05) is 24.3 Å². The molecule has 0 atom stereocenters. The van der Waals surface area contributed by atoms with Gasteiger partial charge in [-0.15, -0.1) is 0 Å². The molecule has 0 spiro atoms. The molecule has 0 heterocycles. The number of hydrogen-bond acceptors (Lipinski definition) is 2. The van der Waals surface area contributed by atoms with Gasteiger partial charge < -0.3 is 10.1 Å².